The van der Waals surface area contributed by atoms with Crippen molar-refractivity contribution in [1.82, 2.24) is 4.90 Å². The highest BCUT2D eigenvalue weighted by Gasteiger charge is 2.29. The Labute approximate surface area is 124 Å². The molecule has 2 heterocycles. The number of halogens is 2. The predicted molar refractivity (Wildman–Crippen MR) is 77.3 cm³/mol. The Morgan fingerprint density at radius 2 is 2.39 bits per heavy atom. The molecule has 2 atom stereocenters. The lowest BCUT2D eigenvalue weighted by Gasteiger charge is -2.36. The van der Waals surface area contributed by atoms with Crippen molar-refractivity contribution in [2.45, 2.75) is 32.4 Å². The van der Waals surface area contributed by atoms with E-state index in [9.17, 15) is 4.79 Å². The fraction of sp³-hybridized carbons (Fsp3) is 0.583. The summed E-state index contributed by atoms with van der Waals surface area (Å²) in [5.41, 5.74) is 0. The summed E-state index contributed by atoms with van der Waals surface area (Å²) in [4.78, 5) is 14.5. The number of hydrogen-bond donors (Lipinski definition) is 1. The maximum Gasteiger partial charge on any atom is 0.307 e. The normalized spacial score (nSPS) is 25.3. The van der Waals surface area contributed by atoms with E-state index in [1.54, 1.807) is 11.3 Å². The van der Waals surface area contributed by atoms with Gasteiger partial charge in [-0.2, -0.15) is 0 Å². The summed E-state index contributed by atoms with van der Waals surface area (Å²) in [6.07, 6.45) is 1.72. The molecule has 6 heteroatoms. The van der Waals surface area contributed by atoms with Gasteiger partial charge in [0.2, 0.25) is 0 Å². The molecule has 18 heavy (non-hydrogen) atoms. The summed E-state index contributed by atoms with van der Waals surface area (Å²) < 4.78 is 1.67. The molecule has 1 N–H and O–H groups in total. The van der Waals surface area contributed by atoms with Crippen molar-refractivity contribution in [2.75, 3.05) is 6.54 Å². The maximum absolute atomic E-state index is 11.1. The first-order valence-electron chi connectivity index (χ1n) is 5.88. The second kappa shape index (κ2) is 5.90. The zero-order valence-corrected chi connectivity index (χ0v) is 13.2. The van der Waals surface area contributed by atoms with Gasteiger partial charge in [0.25, 0.3) is 0 Å². The van der Waals surface area contributed by atoms with Crippen LogP contribution >= 0.6 is 38.9 Å². The molecule has 0 radical (unpaired) electrons. The minimum absolute atomic E-state index is 0.236. The SMILES string of the molecule is CC1CCC(C(=O)O)CN1Cc1cc(Br)c(Cl)s1. The highest BCUT2D eigenvalue weighted by atomic mass is 79.9. The van der Waals surface area contributed by atoms with Crippen molar-refractivity contribution in [1.29, 1.82) is 0 Å². The van der Waals surface area contributed by atoms with E-state index in [2.05, 4.69) is 27.8 Å². The van der Waals surface area contributed by atoms with Crippen molar-refractivity contribution in [3.63, 3.8) is 0 Å². The zero-order valence-electron chi connectivity index (χ0n) is 10.0. The van der Waals surface area contributed by atoms with Crippen molar-refractivity contribution >= 4 is 44.8 Å². The summed E-state index contributed by atoms with van der Waals surface area (Å²) >= 11 is 11.0. The Morgan fingerprint density at radius 1 is 1.67 bits per heavy atom. The summed E-state index contributed by atoms with van der Waals surface area (Å²) in [7, 11) is 0. The van der Waals surface area contributed by atoms with Gasteiger partial charge >= 0.3 is 5.97 Å². The summed E-state index contributed by atoms with van der Waals surface area (Å²) in [5.74, 6) is -0.919. The summed E-state index contributed by atoms with van der Waals surface area (Å²) in [6.45, 7) is 3.56. The van der Waals surface area contributed by atoms with Crippen LogP contribution in [0, 0.1) is 5.92 Å². The Kier molecular flexibility index (Phi) is 4.69. The summed E-state index contributed by atoms with van der Waals surface area (Å²) in [6, 6.07) is 2.45. The second-order valence-electron chi connectivity index (χ2n) is 4.73. The van der Waals surface area contributed by atoms with Gasteiger partial charge in [-0.3, -0.25) is 9.69 Å². The Morgan fingerprint density at radius 3 is 2.94 bits per heavy atom. The molecule has 1 saturated heterocycles. The highest BCUT2D eigenvalue weighted by molar-refractivity contribution is 9.10. The van der Waals surface area contributed by atoms with Crippen LogP contribution in [0.5, 0.6) is 0 Å². The third kappa shape index (κ3) is 3.26. The van der Waals surface area contributed by atoms with Gasteiger partial charge < -0.3 is 5.11 Å². The molecule has 1 aromatic heterocycles. The van der Waals surface area contributed by atoms with E-state index in [1.807, 2.05) is 6.07 Å². The average Bonchev–Trinajstić information content (AvgIpc) is 2.61. The fourth-order valence-corrected chi connectivity index (χ4v) is 4.09. The number of hydrogen-bond acceptors (Lipinski definition) is 3. The van der Waals surface area contributed by atoms with Gasteiger partial charge in [-0.15, -0.1) is 11.3 Å². The van der Waals surface area contributed by atoms with Gasteiger partial charge in [0.05, 0.1) is 5.92 Å². The van der Waals surface area contributed by atoms with Gasteiger partial charge in [-0.25, -0.2) is 0 Å². The molecule has 0 amide bonds. The average molecular weight is 353 g/mol. The van der Waals surface area contributed by atoms with Crippen LogP contribution < -0.4 is 0 Å². The standard InChI is InChI=1S/C12H15BrClNO2S/c1-7-2-3-8(12(16)17)5-15(7)6-9-4-10(13)11(14)18-9/h4,7-8H,2-3,5-6H2,1H3,(H,16,17). The van der Waals surface area contributed by atoms with Crippen molar-refractivity contribution in [2.24, 2.45) is 5.92 Å². The molecule has 0 saturated carbocycles. The minimum Gasteiger partial charge on any atom is -0.481 e. The van der Waals surface area contributed by atoms with Crippen LogP contribution in [-0.2, 0) is 11.3 Å². The van der Waals surface area contributed by atoms with Gasteiger partial charge in [-0.05, 0) is 41.8 Å². The number of nitrogens with zero attached hydrogens (tertiary/aromatic N) is 1. The quantitative estimate of drug-likeness (QED) is 0.898. The molecule has 3 nitrogen and oxygen atoms in total. The largest absolute Gasteiger partial charge is 0.481 e. The minimum atomic E-state index is -0.683. The van der Waals surface area contributed by atoms with Gasteiger partial charge in [-0.1, -0.05) is 11.6 Å². The lowest BCUT2D eigenvalue weighted by Crippen LogP contribution is -2.43. The topological polar surface area (TPSA) is 40.5 Å². The number of carboxylic acid groups (broad SMARTS) is 1. The first kappa shape index (κ1) is 14.3. The lowest BCUT2D eigenvalue weighted by atomic mass is 9.93. The van der Waals surface area contributed by atoms with Crippen LogP contribution in [0.4, 0.5) is 0 Å². The maximum atomic E-state index is 11.1. The number of aliphatic carboxylic acids is 1. The number of piperidine rings is 1. The van der Waals surface area contributed by atoms with Crippen LogP contribution in [0.15, 0.2) is 10.5 Å². The lowest BCUT2D eigenvalue weighted by molar-refractivity contribution is -0.144. The molecule has 1 aliphatic heterocycles. The van der Waals surface area contributed by atoms with E-state index in [0.717, 1.165) is 28.2 Å². The molecule has 0 bridgehead atoms. The van der Waals surface area contributed by atoms with Crippen LogP contribution in [0.1, 0.15) is 24.6 Å². The number of carboxylic acids is 1. The van der Waals surface area contributed by atoms with Gasteiger partial charge in [0, 0.05) is 28.5 Å². The molecule has 2 unspecified atom stereocenters. The van der Waals surface area contributed by atoms with Crippen LogP contribution in [0.2, 0.25) is 4.34 Å². The molecular weight excluding hydrogens is 338 g/mol. The Hall–Kier alpha value is -0.100. The monoisotopic (exact) mass is 351 g/mol. The van der Waals surface area contributed by atoms with Crippen molar-refractivity contribution in [3.05, 3.63) is 19.8 Å². The van der Waals surface area contributed by atoms with Gasteiger partial charge in [0.15, 0.2) is 0 Å². The smallest absolute Gasteiger partial charge is 0.307 e. The van der Waals surface area contributed by atoms with E-state index < -0.39 is 5.97 Å². The van der Waals surface area contributed by atoms with Gasteiger partial charge in [0.1, 0.15) is 4.34 Å². The van der Waals surface area contributed by atoms with E-state index in [0.29, 0.717) is 12.6 Å². The fourth-order valence-electron chi connectivity index (χ4n) is 2.27. The van der Waals surface area contributed by atoms with E-state index in [4.69, 9.17) is 16.7 Å². The highest BCUT2D eigenvalue weighted by Crippen LogP contribution is 2.34. The second-order valence-corrected chi connectivity index (χ2v) is 7.32. The van der Waals surface area contributed by atoms with Crippen molar-refractivity contribution < 1.29 is 9.90 Å². The third-order valence-corrected chi connectivity index (χ3v) is 5.87. The zero-order chi connectivity index (χ0) is 13.3. The summed E-state index contributed by atoms with van der Waals surface area (Å²) in [5, 5.41) is 9.10. The number of rotatable bonds is 3. The number of likely N-dealkylation sites (tertiary alicyclic amines) is 1. The first-order valence-corrected chi connectivity index (χ1v) is 7.86. The van der Waals surface area contributed by atoms with E-state index in [-0.39, 0.29) is 5.92 Å². The predicted octanol–water partition coefficient (Wildman–Crippen LogP) is 3.85. The van der Waals surface area contributed by atoms with Crippen LogP contribution in [0.3, 0.4) is 0 Å². The van der Waals surface area contributed by atoms with Crippen molar-refractivity contribution in [3.8, 4) is 0 Å². The number of carbonyl (C=O) groups is 1. The van der Waals surface area contributed by atoms with Crippen LogP contribution in [-0.4, -0.2) is 28.6 Å². The third-order valence-electron chi connectivity index (χ3n) is 3.42. The molecular formula is C12H15BrClNO2S. The molecule has 100 valence electrons. The molecule has 2 rings (SSSR count). The molecule has 1 aliphatic rings. The van der Waals surface area contributed by atoms with Crippen LogP contribution in [0.25, 0.3) is 0 Å². The Balaban J connectivity index is 2.04. The Bertz CT molecular complexity index is 432. The first-order chi connectivity index (χ1) is 8.47. The molecule has 0 aliphatic carbocycles. The number of thiophene rings is 1. The molecule has 1 fully saturated rings. The molecule has 1 aromatic rings. The molecule has 0 aromatic carbocycles. The van der Waals surface area contributed by atoms with E-state index in [1.165, 1.54) is 4.88 Å². The molecule has 0 spiro atoms. The van der Waals surface area contributed by atoms with E-state index >= 15 is 0 Å².